The van der Waals surface area contributed by atoms with Gasteiger partial charge >= 0.3 is 0 Å². The number of fused-ring (bicyclic) bond motifs is 1. The molecule has 0 heterocycles. The number of ketones is 2. The summed E-state index contributed by atoms with van der Waals surface area (Å²) in [5.74, 6) is 0.996. The van der Waals surface area contributed by atoms with Gasteiger partial charge in [0.2, 0.25) is 0 Å². The van der Waals surface area contributed by atoms with Gasteiger partial charge < -0.3 is 0 Å². The molecule has 17 heavy (non-hydrogen) atoms. The molecule has 2 fully saturated rings. The summed E-state index contributed by atoms with van der Waals surface area (Å²) in [6, 6.07) is 0. The van der Waals surface area contributed by atoms with Crippen molar-refractivity contribution in [3.05, 3.63) is 0 Å². The van der Waals surface area contributed by atoms with E-state index < -0.39 is 0 Å². The Morgan fingerprint density at radius 1 is 1.24 bits per heavy atom. The molecule has 2 aliphatic rings. The summed E-state index contributed by atoms with van der Waals surface area (Å²) in [6.45, 7) is 8.34. The fourth-order valence-corrected chi connectivity index (χ4v) is 4.42. The van der Waals surface area contributed by atoms with Crippen LogP contribution in [-0.4, -0.2) is 11.6 Å². The van der Waals surface area contributed by atoms with Crippen LogP contribution in [0.15, 0.2) is 0 Å². The summed E-state index contributed by atoms with van der Waals surface area (Å²) in [4.78, 5) is 23.8. The molecule has 2 heteroatoms. The fourth-order valence-electron chi connectivity index (χ4n) is 4.42. The van der Waals surface area contributed by atoms with Crippen molar-refractivity contribution in [3.8, 4) is 0 Å². The van der Waals surface area contributed by atoms with Crippen molar-refractivity contribution in [2.75, 3.05) is 0 Å². The largest absolute Gasteiger partial charge is 0.300 e. The predicted octanol–water partition coefficient (Wildman–Crippen LogP) is 3.39. The summed E-state index contributed by atoms with van der Waals surface area (Å²) >= 11 is 0. The number of hydrogen-bond acceptors (Lipinski definition) is 2. The molecule has 3 atom stereocenters. The maximum atomic E-state index is 12.0. The van der Waals surface area contributed by atoms with Crippen molar-refractivity contribution in [3.63, 3.8) is 0 Å². The fraction of sp³-hybridized carbons (Fsp3) is 0.867. The van der Waals surface area contributed by atoms with Gasteiger partial charge in [0.25, 0.3) is 0 Å². The van der Waals surface area contributed by atoms with Crippen molar-refractivity contribution in [1.82, 2.24) is 0 Å². The molecule has 0 radical (unpaired) electrons. The molecular weight excluding hydrogens is 212 g/mol. The van der Waals surface area contributed by atoms with E-state index in [1.165, 1.54) is 0 Å². The molecule has 0 aliphatic heterocycles. The van der Waals surface area contributed by atoms with E-state index >= 15 is 0 Å². The highest BCUT2D eigenvalue weighted by atomic mass is 16.1. The summed E-state index contributed by atoms with van der Waals surface area (Å²) in [5, 5.41) is 0. The molecule has 3 unspecified atom stereocenters. The number of carbonyl (C=O) groups excluding carboxylic acids is 2. The Bertz CT molecular complexity index is 356. The van der Waals surface area contributed by atoms with Gasteiger partial charge in [-0.15, -0.1) is 0 Å². The van der Waals surface area contributed by atoms with Gasteiger partial charge in [0.15, 0.2) is 0 Å². The highest BCUT2D eigenvalue weighted by Gasteiger charge is 2.53. The molecule has 96 valence electrons. The average molecular weight is 236 g/mol. The molecule has 2 saturated carbocycles. The molecule has 0 N–H and O–H groups in total. The first-order valence-electron chi connectivity index (χ1n) is 6.78. The lowest BCUT2D eigenvalue weighted by molar-refractivity contribution is -0.128. The second-order valence-electron chi connectivity index (χ2n) is 7.11. The number of hydrogen-bond donors (Lipinski definition) is 0. The van der Waals surface area contributed by atoms with Gasteiger partial charge in [0.1, 0.15) is 11.6 Å². The maximum Gasteiger partial charge on any atom is 0.133 e. The normalized spacial score (nSPS) is 40.8. The zero-order valence-electron chi connectivity index (χ0n) is 11.5. The molecule has 0 spiro atoms. The Hall–Kier alpha value is -0.660. The van der Waals surface area contributed by atoms with E-state index in [0.717, 1.165) is 19.3 Å². The van der Waals surface area contributed by atoms with E-state index in [0.29, 0.717) is 18.6 Å². The Kier molecular flexibility index (Phi) is 2.95. The second-order valence-corrected chi connectivity index (χ2v) is 7.11. The lowest BCUT2D eigenvalue weighted by atomic mass is 9.64. The molecule has 2 rings (SSSR count). The quantitative estimate of drug-likeness (QED) is 0.699. The molecule has 0 aromatic carbocycles. The summed E-state index contributed by atoms with van der Waals surface area (Å²) in [7, 11) is 0. The van der Waals surface area contributed by atoms with Crippen LogP contribution in [0.2, 0.25) is 0 Å². The van der Waals surface area contributed by atoms with Crippen LogP contribution in [0.5, 0.6) is 0 Å². The third kappa shape index (κ3) is 2.07. The molecule has 0 aromatic heterocycles. The smallest absolute Gasteiger partial charge is 0.133 e. The monoisotopic (exact) mass is 236 g/mol. The first-order valence-corrected chi connectivity index (χ1v) is 6.78. The Balaban J connectivity index is 2.42. The lowest BCUT2D eigenvalue weighted by Gasteiger charge is -2.39. The molecule has 0 bridgehead atoms. The SMILES string of the molecule is CC(=O)C1C2CC(=O)CC2(C)CCCC1(C)C. The van der Waals surface area contributed by atoms with Gasteiger partial charge in [0.05, 0.1) is 0 Å². The standard InChI is InChI=1S/C15H24O2/c1-10(16)13-12-8-11(17)9-15(12,4)7-5-6-14(13,2)3/h12-13H,5-9H2,1-4H3. The minimum absolute atomic E-state index is 0.0544. The Morgan fingerprint density at radius 2 is 1.88 bits per heavy atom. The van der Waals surface area contributed by atoms with Crippen molar-refractivity contribution < 1.29 is 9.59 Å². The molecular formula is C15H24O2. The van der Waals surface area contributed by atoms with E-state index in [4.69, 9.17) is 0 Å². The lowest BCUT2D eigenvalue weighted by Crippen LogP contribution is -2.38. The highest BCUT2D eigenvalue weighted by Crippen LogP contribution is 2.56. The van der Waals surface area contributed by atoms with Gasteiger partial charge in [0, 0.05) is 18.8 Å². The van der Waals surface area contributed by atoms with Crippen LogP contribution in [0.25, 0.3) is 0 Å². The van der Waals surface area contributed by atoms with Crippen LogP contribution < -0.4 is 0 Å². The van der Waals surface area contributed by atoms with Crippen molar-refractivity contribution in [1.29, 1.82) is 0 Å². The molecule has 0 saturated heterocycles. The van der Waals surface area contributed by atoms with Crippen LogP contribution in [0, 0.1) is 22.7 Å². The van der Waals surface area contributed by atoms with Gasteiger partial charge in [-0.25, -0.2) is 0 Å². The predicted molar refractivity (Wildman–Crippen MR) is 67.6 cm³/mol. The van der Waals surface area contributed by atoms with Crippen molar-refractivity contribution in [2.45, 2.75) is 59.8 Å². The number of Topliss-reactive ketones (excluding diaryl/α,β-unsaturated/α-hetero) is 2. The minimum atomic E-state index is 0.0544. The van der Waals surface area contributed by atoms with Gasteiger partial charge in [-0.2, -0.15) is 0 Å². The van der Waals surface area contributed by atoms with Gasteiger partial charge in [-0.1, -0.05) is 27.2 Å². The maximum absolute atomic E-state index is 12.0. The number of rotatable bonds is 1. The van der Waals surface area contributed by atoms with Crippen LogP contribution in [0.4, 0.5) is 0 Å². The van der Waals surface area contributed by atoms with Crippen LogP contribution in [0.1, 0.15) is 59.8 Å². The van der Waals surface area contributed by atoms with Crippen LogP contribution >= 0.6 is 0 Å². The highest BCUT2D eigenvalue weighted by molar-refractivity contribution is 5.85. The van der Waals surface area contributed by atoms with Crippen molar-refractivity contribution in [2.24, 2.45) is 22.7 Å². The first-order chi connectivity index (χ1) is 7.76. The zero-order valence-corrected chi connectivity index (χ0v) is 11.5. The summed E-state index contributed by atoms with van der Waals surface area (Å²) < 4.78 is 0. The van der Waals surface area contributed by atoms with Crippen molar-refractivity contribution >= 4 is 11.6 Å². The van der Waals surface area contributed by atoms with E-state index in [2.05, 4.69) is 20.8 Å². The van der Waals surface area contributed by atoms with E-state index in [-0.39, 0.29) is 28.4 Å². The van der Waals surface area contributed by atoms with E-state index in [1.54, 1.807) is 6.92 Å². The third-order valence-electron chi connectivity index (χ3n) is 5.20. The third-order valence-corrected chi connectivity index (χ3v) is 5.20. The first kappa shape index (κ1) is 12.8. The summed E-state index contributed by atoms with van der Waals surface area (Å²) in [5.41, 5.74) is 0.139. The molecule has 0 amide bonds. The zero-order chi connectivity index (χ0) is 12.8. The van der Waals surface area contributed by atoms with Gasteiger partial charge in [-0.3, -0.25) is 9.59 Å². The average Bonchev–Trinajstić information content (AvgIpc) is 2.35. The van der Waals surface area contributed by atoms with Crippen LogP contribution in [-0.2, 0) is 9.59 Å². The Morgan fingerprint density at radius 3 is 2.47 bits per heavy atom. The molecule has 2 aliphatic carbocycles. The molecule has 2 nitrogen and oxygen atoms in total. The van der Waals surface area contributed by atoms with E-state index in [1.807, 2.05) is 0 Å². The summed E-state index contributed by atoms with van der Waals surface area (Å²) in [6.07, 6.45) is 4.69. The Labute approximate surface area is 104 Å². The number of carbonyl (C=O) groups is 2. The minimum Gasteiger partial charge on any atom is -0.300 e. The van der Waals surface area contributed by atoms with Gasteiger partial charge in [-0.05, 0) is 36.5 Å². The van der Waals surface area contributed by atoms with Crippen LogP contribution in [0.3, 0.4) is 0 Å². The topological polar surface area (TPSA) is 34.1 Å². The second kappa shape index (κ2) is 3.93. The van der Waals surface area contributed by atoms with E-state index in [9.17, 15) is 9.59 Å². The molecule has 0 aromatic rings.